The average Bonchev–Trinajstić information content (AvgIpc) is 3.50. The normalized spacial score (nSPS) is 11.3. The van der Waals surface area contributed by atoms with Crippen LogP contribution in [0.25, 0.3) is 22.2 Å². The van der Waals surface area contributed by atoms with Gasteiger partial charge in [-0.1, -0.05) is 23.7 Å². The molecule has 0 fully saturated rings. The fourth-order valence-electron chi connectivity index (χ4n) is 4.48. The molecule has 0 bridgehead atoms. The molecule has 0 unspecified atom stereocenters. The van der Waals surface area contributed by atoms with E-state index < -0.39 is 36.3 Å². The summed E-state index contributed by atoms with van der Waals surface area (Å²) in [5, 5.41) is 4.18. The van der Waals surface area contributed by atoms with Gasteiger partial charge < -0.3 is 38.1 Å². The molecule has 0 aliphatic carbocycles. The topological polar surface area (TPSA) is 196 Å². The van der Waals surface area contributed by atoms with Gasteiger partial charge in [0.25, 0.3) is 0 Å². The summed E-state index contributed by atoms with van der Waals surface area (Å²) in [4.78, 5) is 43.6. The molecule has 1 amide bonds. The minimum atomic E-state index is -5.40. The molecule has 0 spiro atoms. The number of halogens is 2. The van der Waals surface area contributed by atoms with Crippen LogP contribution in [0.3, 0.4) is 0 Å². The molecular formula is C31H27ClFN4Na2O10PS. The van der Waals surface area contributed by atoms with E-state index in [1.165, 1.54) is 18.5 Å². The molecule has 0 aliphatic heterocycles. The third kappa shape index (κ3) is 13.1. The van der Waals surface area contributed by atoms with E-state index in [-0.39, 0.29) is 90.4 Å². The maximum Gasteiger partial charge on any atom is 1.00 e. The molecule has 1 N–H and O–H groups in total. The third-order valence-corrected chi connectivity index (χ3v) is 8.43. The monoisotopic (exact) mass is 778 g/mol. The average molecular weight is 779 g/mol. The van der Waals surface area contributed by atoms with Crippen LogP contribution in [0.1, 0.15) is 11.3 Å². The standard InChI is InChI=1S/C31H29ClFN4O10PS.2Na/c1-49(42,43)12-11-37(31(38)45-19-46-48(39,40)41)16-24-7-10-28(47-24)21-5-8-27-25(14-21)30(35-18-34-27)36-23-6-9-29(26(32)15-23)44-17-20-3-2-4-22(33)13-20;;/h2-10,13-15,18H,11-12,16-17,19H2,1H3,(H,34,35,36)(H2,39,40,41);;/q;2*+1/p-2. The van der Waals surface area contributed by atoms with Gasteiger partial charge in [0.2, 0.25) is 0 Å². The van der Waals surface area contributed by atoms with Gasteiger partial charge in [0.1, 0.15) is 51.7 Å². The largest absolute Gasteiger partial charge is 1.00 e. The summed E-state index contributed by atoms with van der Waals surface area (Å²) in [6.45, 7) is -1.59. The van der Waals surface area contributed by atoms with E-state index in [0.717, 1.165) is 11.2 Å². The van der Waals surface area contributed by atoms with Crippen LogP contribution < -0.4 is 79.0 Å². The SMILES string of the molecule is CS(=O)(=O)CCN(Cc1ccc(-c2ccc3ncnc(Nc4ccc(OCc5cccc(F)c5)c(Cl)c4)c3c2)o1)C(=O)OCOP(=O)([O-])[O-].[Na+].[Na+]. The van der Waals surface area contributed by atoms with E-state index in [0.29, 0.717) is 50.1 Å². The first-order chi connectivity index (χ1) is 23.2. The van der Waals surface area contributed by atoms with Gasteiger partial charge in [0, 0.05) is 29.4 Å². The predicted molar refractivity (Wildman–Crippen MR) is 173 cm³/mol. The van der Waals surface area contributed by atoms with Crippen LogP contribution >= 0.6 is 19.4 Å². The molecule has 0 radical (unpaired) electrons. The van der Waals surface area contributed by atoms with Crippen LogP contribution in [0.4, 0.5) is 20.7 Å². The second-order valence-electron chi connectivity index (χ2n) is 10.6. The Labute approximate surface area is 341 Å². The van der Waals surface area contributed by atoms with Crippen molar-refractivity contribution in [3.8, 4) is 17.1 Å². The van der Waals surface area contributed by atoms with Crippen LogP contribution in [-0.4, -0.2) is 54.7 Å². The van der Waals surface area contributed by atoms with Crippen molar-refractivity contribution < 1.29 is 109 Å². The van der Waals surface area contributed by atoms with Crippen molar-refractivity contribution in [2.75, 3.05) is 30.7 Å². The molecule has 14 nitrogen and oxygen atoms in total. The summed E-state index contributed by atoms with van der Waals surface area (Å²) >= 11 is 6.47. The first kappa shape index (κ1) is 42.8. The Bertz CT molecular complexity index is 2140. The van der Waals surface area contributed by atoms with Crippen molar-refractivity contribution in [1.82, 2.24) is 14.9 Å². The number of ether oxygens (including phenoxy) is 2. The Morgan fingerprint density at radius 3 is 2.55 bits per heavy atom. The summed E-state index contributed by atoms with van der Waals surface area (Å²) in [7, 11) is -8.89. The Morgan fingerprint density at radius 2 is 1.84 bits per heavy atom. The first-order valence-electron chi connectivity index (χ1n) is 14.3. The van der Waals surface area contributed by atoms with Gasteiger partial charge in [-0.05, 0) is 66.2 Å². The van der Waals surface area contributed by atoms with Gasteiger partial charge in [0.15, 0.2) is 6.79 Å². The second kappa shape index (κ2) is 19.0. The smallest absolute Gasteiger partial charge is 0.790 e. The van der Waals surface area contributed by atoms with Crippen molar-refractivity contribution in [1.29, 1.82) is 0 Å². The number of carbonyl (C=O) groups is 1. The fourth-order valence-corrected chi connectivity index (χ4v) is 5.45. The van der Waals surface area contributed by atoms with Crippen molar-refractivity contribution in [2.24, 2.45) is 0 Å². The molecule has 3 aromatic carbocycles. The number of amides is 1. The number of sulfone groups is 1. The number of nitrogens with zero attached hydrogens (tertiary/aromatic N) is 3. The van der Waals surface area contributed by atoms with E-state index in [1.807, 2.05) is 0 Å². The van der Waals surface area contributed by atoms with Crippen molar-refractivity contribution in [3.05, 3.63) is 101 Å². The minimum absolute atomic E-state index is 0. The van der Waals surface area contributed by atoms with E-state index in [9.17, 15) is 32.0 Å². The number of rotatable bonds is 14. The number of hydrogen-bond acceptors (Lipinski definition) is 13. The number of nitrogens with one attached hydrogen (secondary N) is 1. The number of carbonyl (C=O) groups excluding carboxylic acids is 1. The van der Waals surface area contributed by atoms with Crippen molar-refractivity contribution in [2.45, 2.75) is 13.2 Å². The summed E-state index contributed by atoms with van der Waals surface area (Å²) in [6, 6.07) is 19.7. The molecule has 5 aromatic rings. The Hall–Kier alpha value is -2.57. The van der Waals surface area contributed by atoms with Crippen LogP contribution in [-0.2, 0) is 36.8 Å². The Balaban J connectivity index is 0.00000351. The maximum atomic E-state index is 13.5. The van der Waals surface area contributed by atoms with Crippen molar-refractivity contribution >= 4 is 57.8 Å². The molecule has 0 atom stereocenters. The molecule has 0 aliphatic rings. The molecule has 258 valence electrons. The summed E-state index contributed by atoms with van der Waals surface area (Å²) in [6.07, 6.45) is 1.26. The molecule has 2 heterocycles. The number of hydrogen-bond donors (Lipinski definition) is 1. The number of benzene rings is 3. The molecule has 51 heavy (non-hydrogen) atoms. The zero-order valence-corrected chi connectivity index (χ0v) is 34.0. The number of furan rings is 1. The summed E-state index contributed by atoms with van der Waals surface area (Å²) in [5.74, 6) is 0.727. The molecule has 2 aromatic heterocycles. The zero-order valence-electron chi connectivity index (χ0n) is 27.6. The van der Waals surface area contributed by atoms with E-state index >= 15 is 0 Å². The molecular weight excluding hydrogens is 752 g/mol. The van der Waals surface area contributed by atoms with Gasteiger partial charge in [-0.2, -0.15) is 0 Å². The molecule has 0 saturated carbocycles. The molecule has 0 saturated heterocycles. The third-order valence-electron chi connectivity index (χ3n) is 6.79. The predicted octanol–water partition coefficient (Wildman–Crippen LogP) is -1.20. The quantitative estimate of drug-likeness (QED) is 0.0803. The van der Waals surface area contributed by atoms with Gasteiger partial charge >= 0.3 is 65.2 Å². The zero-order chi connectivity index (χ0) is 35.2. The van der Waals surface area contributed by atoms with Crippen LogP contribution in [0, 0.1) is 5.82 Å². The molecule has 20 heteroatoms. The maximum absolute atomic E-state index is 13.5. The van der Waals surface area contributed by atoms with Gasteiger partial charge in [-0.3, -0.25) is 4.90 Å². The van der Waals surface area contributed by atoms with E-state index in [4.69, 9.17) is 20.8 Å². The number of aromatic nitrogens is 2. The van der Waals surface area contributed by atoms with Gasteiger partial charge in [0.05, 0.1) is 30.7 Å². The number of phosphoric ester groups is 1. The van der Waals surface area contributed by atoms with Gasteiger partial charge in [-0.25, -0.2) is 27.6 Å². The van der Waals surface area contributed by atoms with Crippen LogP contribution in [0.2, 0.25) is 5.02 Å². The minimum Gasteiger partial charge on any atom is -0.790 e. The number of anilines is 2. The van der Waals surface area contributed by atoms with Crippen LogP contribution in [0.15, 0.2) is 83.5 Å². The van der Waals surface area contributed by atoms with Gasteiger partial charge in [-0.15, -0.1) is 0 Å². The van der Waals surface area contributed by atoms with E-state index in [2.05, 4.69) is 24.5 Å². The Kier molecular flexibility index (Phi) is 15.9. The first-order valence-corrected chi connectivity index (χ1v) is 18.2. The fraction of sp³-hybridized carbons (Fsp3) is 0.194. The van der Waals surface area contributed by atoms with E-state index in [1.54, 1.807) is 60.7 Å². The number of fused-ring (bicyclic) bond motifs is 1. The molecule has 5 rings (SSSR count). The summed E-state index contributed by atoms with van der Waals surface area (Å²) < 4.78 is 67.9. The van der Waals surface area contributed by atoms with Crippen LogP contribution in [0.5, 0.6) is 5.75 Å². The second-order valence-corrected chi connectivity index (χ2v) is 14.4. The Morgan fingerprint density at radius 1 is 1.06 bits per heavy atom. The summed E-state index contributed by atoms with van der Waals surface area (Å²) in [5.41, 5.74) is 2.50. The number of phosphoric acid groups is 1. The van der Waals surface area contributed by atoms with Crippen molar-refractivity contribution in [3.63, 3.8) is 0 Å².